The lowest BCUT2D eigenvalue weighted by atomic mass is 10.4. The lowest BCUT2D eigenvalue weighted by Crippen LogP contribution is -2.05. The maximum Gasteiger partial charge on any atom is 0.322 e. The summed E-state index contributed by atoms with van der Waals surface area (Å²) in [5.41, 5.74) is 1.01. The van der Waals surface area contributed by atoms with Gasteiger partial charge in [-0.25, -0.2) is 9.97 Å². The molecule has 0 aliphatic carbocycles. The van der Waals surface area contributed by atoms with E-state index in [1.54, 1.807) is 19.4 Å². The molecular weight excluding hydrogens is 276 g/mol. The molecule has 0 saturated carbocycles. The Kier molecular flexibility index (Phi) is 5.05. The van der Waals surface area contributed by atoms with Gasteiger partial charge in [-0.2, -0.15) is 15.0 Å². The quantitative estimate of drug-likeness (QED) is 0.809. The third kappa shape index (κ3) is 4.02. The molecule has 2 rings (SSSR count). The maximum atomic E-state index is 5.44. The summed E-state index contributed by atoms with van der Waals surface area (Å²) in [6, 6.07) is 0.306. The maximum absolute atomic E-state index is 5.44. The van der Waals surface area contributed by atoms with Gasteiger partial charge in [-0.1, -0.05) is 6.92 Å². The van der Waals surface area contributed by atoms with Crippen molar-refractivity contribution in [1.29, 1.82) is 0 Å². The number of aromatic nitrogens is 5. The van der Waals surface area contributed by atoms with E-state index in [-0.39, 0.29) is 0 Å². The van der Waals surface area contributed by atoms with Crippen LogP contribution in [0.25, 0.3) is 0 Å². The molecule has 2 aromatic rings. The predicted molar refractivity (Wildman–Crippen MR) is 76.1 cm³/mol. The van der Waals surface area contributed by atoms with Crippen molar-refractivity contribution >= 4 is 17.7 Å². The highest BCUT2D eigenvalue weighted by molar-refractivity contribution is 7.99. The normalized spacial score (nSPS) is 10.3. The fourth-order valence-corrected chi connectivity index (χ4v) is 1.90. The standard InChI is InChI=1S/C12H16N6OS/c1-4-5-19-10-16-9(13-3)17-12(18-10)20-11-14-6-8(2)7-15-11/h6-7H,4-5H2,1-3H3,(H,13,16,17,18). The van der Waals surface area contributed by atoms with Crippen LogP contribution in [0.2, 0.25) is 0 Å². The van der Waals surface area contributed by atoms with Crippen LogP contribution in [0.4, 0.5) is 5.95 Å². The van der Waals surface area contributed by atoms with Crippen LogP contribution in [-0.4, -0.2) is 38.6 Å². The first-order chi connectivity index (χ1) is 9.71. The number of rotatable bonds is 6. The van der Waals surface area contributed by atoms with Crippen LogP contribution in [0, 0.1) is 6.92 Å². The van der Waals surface area contributed by atoms with Gasteiger partial charge < -0.3 is 10.1 Å². The summed E-state index contributed by atoms with van der Waals surface area (Å²) < 4.78 is 5.44. The fourth-order valence-electron chi connectivity index (χ4n) is 1.27. The number of hydrogen-bond donors (Lipinski definition) is 1. The van der Waals surface area contributed by atoms with Gasteiger partial charge in [-0.3, -0.25) is 0 Å². The molecular formula is C12H16N6OS. The molecule has 7 nitrogen and oxygen atoms in total. The van der Waals surface area contributed by atoms with Crippen molar-refractivity contribution in [2.24, 2.45) is 0 Å². The topological polar surface area (TPSA) is 85.7 Å². The first kappa shape index (κ1) is 14.4. The van der Waals surface area contributed by atoms with E-state index in [1.807, 2.05) is 13.8 Å². The zero-order chi connectivity index (χ0) is 14.4. The summed E-state index contributed by atoms with van der Waals surface area (Å²) in [5.74, 6) is 0.459. The van der Waals surface area contributed by atoms with E-state index in [9.17, 15) is 0 Å². The van der Waals surface area contributed by atoms with Crippen LogP contribution in [-0.2, 0) is 0 Å². The first-order valence-corrected chi connectivity index (χ1v) is 7.06. The zero-order valence-electron chi connectivity index (χ0n) is 11.6. The highest BCUT2D eigenvalue weighted by Crippen LogP contribution is 2.22. The highest BCUT2D eigenvalue weighted by Gasteiger charge is 2.09. The van der Waals surface area contributed by atoms with E-state index in [1.165, 1.54) is 11.8 Å². The summed E-state index contributed by atoms with van der Waals surface area (Å²) in [7, 11) is 1.75. The van der Waals surface area contributed by atoms with Crippen molar-refractivity contribution in [3.05, 3.63) is 18.0 Å². The molecule has 2 aromatic heterocycles. The van der Waals surface area contributed by atoms with Crippen molar-refractivity contribution in [1.82, 2.24) is 24.9 Å². The third-order valence-corrected chi connectivity index (χ3v) is 2.95. The summed E-state index contributed by atoms with van der Waals surface area (Å²) in [6.07, 6.45) is 4.40. The lowest BCUT2D eigenvalue weighted by Gasteiger charge is -2.06. The Hall–Kier alpha value is -1.96. The molecule has 0 unspecified atom stereocenters. The van der Waals surface area contributed by atoms with E-state index >= 15 is 0 Å². The average Bonchev–Trinajstić information content (AvgIpc) is 2.47. The molecule has 0 radical (unpaired) electrons. The molecule has 0 amide bonds. The average molecular weight is 292 g/mol. The molecule has 8 heteroatoms. The molecule has 2 heterocycles. The molecule has 0 spiro atoms. The highest BCUT2D eigenvalue weighted by atomic mass is 32.2. The summed E-state index contributed by atoms with van der Waals surface area (Å²) in [5, 5.41) is 3.97. The molecule has 0 aliphatic rings. The second kappa shape index (κ2) is 6.99. The van der Waals surface area contributed by atoms with Crippen molar-refractivity contribution in [3.8, 4) is 6.01 Å². The van der Waals surface area contributed by atoms with Gasteiger partial charge in [-0.05, 0) is 30.7 Å². The summed E-state index contributed by atoms with van der Waals surface area (Å²) >= 11 is 1.27. The Labute approximate surface area is 121 Å². The van der Waals surface area contributed by atoms with Crippen LogP contribution in [0.3, 0.4) is 0 Å². The zero-order valence-corrected chi connectivity index (χ0v) is 12.4. The monoisotopic (exact) mass is 292 g/mol. The fraction of sp³-hybridized carbons (Fsp3) is 0.417. The Balaban J connectivity index is 2.19. The van der Waals surface area contributed by atoms with E-state index in [4.69, 9.17) is 4.74 Å². The first-order valence-electron chi connectivity index (χ1n) is 6.24. The number of hydrogen-bond acceptors (Lipinski definition) is 8. The van der Waals surface area contributed by atoms with E-state index in [2.05, 4.69) is 30.2 Å². The Morgan fingerprint density at radius 2 is 1.90 bits per heavy atom. The number of nitrogens with zero attached hydrogens (tertiary/aromatic N) is 5. The van der Waals surface area contributed by atoms with Gasteiger partial charge in [0.25, 0.3) is 0 Å². The van der Waals surface area contributed by atoms with E-state index in [0.29, 0.717) is 28.9 Å². The minimum atomic E-state index is 0.306. The van der Waals surface area contributed by atoms with Gasteiger partial charge in [0, 0.05) is 19.4 Å². The molecule has 1 N–H and O–H groups in total. The van der Waals surface area contributed by atoms with Gasteiger partial charge in [-0.15, -0.1) is 0 Å². The molecule has 20 heavy (non-hydrogen) atoms. The molecule has 0 fully saturated rings. The third-order valence-electron chi connectivity index (χ3n) is 2.19. The second-order valence-electron chi connectivity index (χ2n) is 3.97. The molecule has 106 valence electrons. The minimum absolute atomic E-state index is 0.306. The Morgan fingerprint density at radius 1 is 1.15 bits per heavy atom. The van der Waals surface area contributed by atoms with Gasteiger partial charge >= 0.3 is 6.01 Å². The number of anilines is 1. The van der Waals surface area contributed by atoms with Gasteiger partial charge in [0.2, 0.25) is 11.1 Å². The lowest BCUT2D eigenvalue weighted by molar-refractivity contribution is 0.288. The SMILES string of the molecule is CCCOc1nc(NC)nc(Sc2ncc(C)cn2)n1. The Morgan fingerprint density at radius 3 is 2.55 bits per heavy atom. The van der Waals surface area contributed by atoms with Crippen LogP contribution in [0.5, 0.6) is 6.01 Å². The molecule has 0 aliphatic heterocycles. The molecule has 0 bridgehead atoms. The van der Waals surface area contributed by atoms with E-state index in [0.717, 1.165) is 12.0 Å². The molecule has 0 atom stereocenters. The minimum Gasteiger partial charge on any atom is -0.463 e. The van der Waals surface area contributed by atoms with Gasteiger partial charge in [0.05, 0.1) is 6.61 Å². The second-order valence-corrected chi connectivity index (χ2v) is 4.90. The molecule has 0 aromatic carbocycles. The van der Waals surface area contributed by atoms with Crippen molar-refractivity contribution in [3.63, 3.8) is 0 Å². The van der Waals surface area contributed by atoms with E-state index < -0.39 is 0 Å². The van der Waals surface area contributed by atoms with Crippen molar-refractivity contribution < 1.29 is 4.74 Å². The van der Waals surface area contributed by atoms with Crippen molar-refractivity contribution in [2.75, 3.05) is 19.0 Å². The summed E-state index contributed by atoms with van der Waals surface area (Å²) in [4.78, 5) is 21.0. The van der Waals surface area contributed by atoms with Crippen molar-refractivity contribution in [2.45, 2.75) is 30.6 Å². The van der Waals surface area contributed by atoms with Gasteiger partial charge in [0.1, 0.15) is 0 Å². The number of nitrogens with one attached hydrogen (secondary N) is 1. The summed E-state index contributed by atoms with van der Waals surface area (Å²) in [6.45, 7) is 4.53. The smallest absolute Gasteiger partial charge is 0.322 e. The van der Waals surface area contributed by atoms with Gasteiger partial charge in [0.15, 0.2) is 5.16 Å². The molecule has 0 saturated heterocycles. The number of ether oxygens (including phenoxy) is 1. The van der Waals surface area contributed by atoms with Crippen LogP contribution < -0.4 is 10.1 Å². The predicted octanol–water partition coefficient (Wildman–Crippen LogP) is 1.95. The van der Waals surface area contributed by atoms with Crippen LogP contribution >= 0.6 is 11.8 Å². The largest absolute Gasteiger partial charge is 0.463 e. The van der Waals surface area contributed by atoms with Crippen LogP contribution in [0.1, 0.15) is 18.9 Å². The Bertz CT molecular complexity index is 562. The van der Waals surface area contributed by atoms with Crippen LogP contribution in [0.15, 0.2) is 22.7 Å². The number of aryl methyl sites for hydroxylation is 1.